The molecule has 4 rings (SSSR count). The number of nitrogens with zero attached hydrogens (tertiary/aromatic N) is 4. The summed E-state index contributed by atoms with van der Waals surface area (Å²) in [5.41, 5.74) is 3.99. The molecule has 0 bridgehead atoms. The Labute approximate surface area is 170 Å². The van der Waals surface area contributed by atoms with Crippen LogP contribution in [0.25, 0.3) is 27.8 Å². The number of anilines is 1. The van der Waals surface area contributed by atoms with Gasteiger partial charge in [0.2, 0.25) is 0 Å². The third-order valence-electron chi connectivity index (χ3n) is 4.86. The van der Waals surface area contributed by atoms with Crippen LogP contribution in [-0.2, 0) is 0 Å². The quantitative estimate of drug-likeness (QED) is 0.518. The fourth-order valence-corrected chi connectivity index (χ4v) is 3.44. The van der Waals surface area contributed by atoms with Crippen LogP contribution in [0.5, 0.6) is 5.75 Å². The number of fused-ring (bicyclic) bond motifs is 1. The van der Waals surface area contributed by atoms with Gasteiger partial charge in [0, 0.05) is 24.8 Å². The summed E-state index contributed by atoms with van der Waals surface area (Å²) in [5, 5.41) is 4.49. The van der Waals surface area contributed by atoms with E-state index in [1.54, 1.807) is 13.4 Å². The van der Waals surface area contributed by atoms with Crippen molar-refractivity contribution in [2.75, 3.05) is 39.6 Å². The number of rotatable bonds is 7. The van der Waals surface area contributed by atoms with Crippen LogP contribution in [0, 0.1) is 0 Å². The number of aromatic nitrogens is 3. The van der Waals surface area contributed by atoms with Gasteiger partial charge in [-0.25, -0.2) is 9.97 Å². The van der Waals surface area contributed by atoms with Crippen molar-refractivity contribution >= 4 is 16.9 Å². The predicted octanol–water partition coefficient (Wildman–Crippen LogP) is 4.07. The molecule has 0 aliphatic rings. The lowest BCUT2D eigenvalue weighted by atomic mass is 10.1. The second-order valence-corrected chi connectivity index (χ2v) is 7.10. The van der Waals surface area contributed by atoms with Gasteiger partial charge in [-0.2, -0.15) is 0 Å². The molecule has 6 heteroatoms. The number of para-hydroxylation sites is 2. The largest absolute Gasteiger partial charge is 0.495 e. The van der Waals surface area contributed by atoms with Crippen molar-refractivity contribution in [1.29, 1.82) is 0 Å². The van der Waals surface area contributed by atoms with Gasteiger partial charge >= 0.3 is 0 Å². The standard InChI is InChI=1S/C23H25N5O/c1-27(2)14-13-24-22-21-18(17-9-5-4-6-10-17)15-28(23(21)26-16-25-22)19-11-7-8-12-20(19)29-3/h4-12,15-16H,13-14H2,1-3H3,(H,24,25,26). The normalized spacial score (nSPS) is 11.2. The van der Waals surface area contributed by atoms with E-state index in [0.29, 0.717) is 0 Å². The van der Waals surface area contributed by atoms with E-state index in [4.69, 9.17) is 4.74 Å². The summed E-state index contributed by atoms with van der Waals surface area (Å²) in [7, 11) is 5.81. The zero-order valence-electron chi connectivity index (χ0n) is 17.0. The molecule has 0 saturated heterocycles. The summed E-state index contributed by atoms with van der Waals surface area (Å²) < 4.78 is 7.68. The zero-order chi connectivity index (χ0) is 20.2. The van der Waals surface area contributed by atoms with Gasteiger partial charge in [-0.1, -0.05) is 42.5 Å². The van der Waals surface area contributed by atoms with Crippen LogP contribution in [-0.4, -0.2) is 53.7 Å². The van der Waals surface area contributed by atoms with Gasteiger partial charge < -0.3 is 15.0 Å². The summed E-state index contributed by atoms with van der Waals surface area (Å²) in [5.74, 6) is 1.63. The Morgan fingerprint density at radius 3 is 2.52 bits per heavy atom. The lowest BCUT2D eigenvalue weighted by molar-refractivity contribution is 0.413. The Hall–Kier alpha value is -3.38. The Morgan fingerprint density at radius 1 is 1.00 bits per heavy atom. The lowest BCUT2D eigenvalue weighted by Gasteiger charge is -2.12. The highest BCUT2D eigenvalue weighted by Crippen LogP contribution is 2.36. The van der Waals surface area contributed by atoms with Crippen LogP contribution in [0.2, 0.25) is 0 Å². The molecule has 0 aliphatic heterocycles. The number of nitrogens with one attached hydrogen (secondary N) is 1. The highest BCUT2D eigenvalue weighted by Gasteiger charge is 2.18. The third-order valence-corrected chi connectivity index (χ3v) is 4.86. The number of hydrogen-bond donors (Lipinski definition) is 1. The number of ether oxygens (including phenoxy) is 1. The topological polar surface area (TPSA) is 55.2 Å². The van der Waals surface area contributed by atoms with Crippen LogP contribution in [0.3, 0.4) is 0 Å². The molecule has 6 nitrogen and oxygen atoms in total. The molecule has 148 valence electrons. The minimum Gasteiger partial charge on any atom is -0.495 e. The average molecular weight is 387 g/mol. The minimum absolute atomic E-state index is 0.796. The maximum Gasteiger partial charge on any atom is 0.150 e. The van der Waals surface area contributed by atoms with E-state index in [1.807, 2.05) is 42.5 Å². The highest BCUT2D eigenvalue weighted by molar-refractivity contribution is 6.02. The highest BCUT2D eigenvalue weighted by atomic mass is 16.5. The summed E-state index contributed by atoms with van der Waals surface area (Å²) >= 11 is 0. The van der Waals surface area contributed by atoms with Crippen LogP contribution in [0.1, 0.15) is 0 Å². The Kier molecular flexibility index (Phi) is 5.44. The first-order valence-electron chi connectivity index (χ1n) is 9.62. The van der Waals surface area contributed by atoms with E-state index < -0.39 is 0 Å². The fourth-order valence-electron chi connectivity index (χ4n) is 3.44. The van der Waals surface area contributed by atoms with Crippen molar-refractivity contribution in [3.8, 4) is 22.6 Å². The molecular formula is C23H25N5O. The molecular weight excluding hydrogens is 362 g/mol. The first kappa shape index (κ1) is 19.0. The van der Waals surface area contributed by atoms with Gasteiger partial charge in [0.25, 0.3) is 0 Å². The van der Waals surface area contributed by atoms with Crippen LogP contribution in [0.15, 0.2) is 67.1 Å². The predicted molar refractivity (Wildman–Crippen MR) is 118 cm³/mol. The first-order chi connectivity index (χ1) is 14.2. The van der Waals surface area contributed by atoms with Gasteiger partial charge in [-0.15, -0.1) is 0 Å². The molecule has 0 atom stereocenters. The minimum atomic E-state index is 0.796. The van der Waals surface area contributed by atoms with E-state index >= 15 is 0 Å². The molecule has 0 radical (unpaired) electrons. The monoisotopic (exact) mass is 387 g/mol. The SMILES string of the molecule is COc1ccccc1-n1cc(-c2ccccc2)c2c(NCCN(C)C)ncnc21. The van der Waals surface area contributed by atoms with Crippen molar-refractivity contribution in [3.05, 3.63) is 67.1 Å². The second kappa shape index (κ2) is 8.32. The van der Waals surface area contributed by atoms with Crippen molar-refractivity contribution < 1.29 is 4.74 Å². The molecule has 0 unspecified atom stereocenters. The number of hydrogen-bond acceptors (Lipinski definition) is 5. The summed E-state index contributed by atoms with van der Waals surface area (Å²) in [6.45, 7) is 1.71. The maximum absolute atomic E-state index is 5.60. The Morgan fingerprint density at radius 2 is 1.76 bits per heavy atom. The Balaban J connectivity index is 1.92. The molecule has 2 aromatic carbocycles. The van der Waals surface area contributed by atoms with Crippen molar-refractivity contribution in [2.45, 2.75) is 0 Å². The Bertz CT molecular complexity index is 1100. The lowest BCUT2D eigenvalue weighted by Crippen LogP contribution is -2.21. The second-order valence-electron chi connectivity index (χ2n) is 7.10. The average Bonchev–Trinajstić information content (AvgIpc) is 3.14. The van der Waals surface area contributed by atoms with Gasteiger partial charge in [0.05, 0.1) is 18.2 Å². The van der Waals surface area contributed by atoms with E-state index in [1.165, 1.54) is 0 Å². The number of likely N-dealkylation sites (N-methyl/N-ethyl adjacent to an activating group) is 1. The van der Waals surface area contributed by atoms with Crippen LogP contribution < -0.4 is 10.1 Å². The van der Waals surface area contributed by atoms with Crippen molar-refractivity contribution in [1.82, 2.24) is 19.4 Å². The van der Waals surface area contributed by atoms with Gasteiger partial charge in [-0.3, -0.25) is 4.57 Å². The van der Waals surface area contributed by atoms with Gasteiger partial charge in [-0.05, 0) is 31.8 Å². The third kappa shape index (κ3) is 3.79. The molecule has 0 fully saturated rings. The van der Waals surface area contributed by atoms with Crippen LogP contribution in [0.4, 0.5) is 5.82 Å². The van der Waals surface area contributed by atoms with E-state index in [2.05, 4.69) is 57.2 Å². The van der Waals surface area contributed by atoms with Crippen LogP contribution >= 0.6 is 0 Å². The van der Waals surface area contributed by atoms with E-state index in [9.17, 15) is 0 Å². The number of methoxy groups -OCH3 is 1. The fraction of sp³-hybridized carbons (Fsp3) is 0.217. The summed E-state index contributed by atoms with van der Waals surface area (Å²) in [4.78, 5) is 11.3. The molecule has 0 amide bonds. The maximum atomic E-state index is 5.60. The summed E-state index contributed by atoms with van der Waals surface area (Å²) in [6, 6.07) is 18.3. The summed E-state index contributed by atoms with van der Waals surface area (Å²) in [6.07, 6.45) is 3.73. The van der Waals surface area contributed by atoms with E-state index in [0.717, 1.165) is 52.5 Å². The smallest absolute Gasteiger partial charge is 0.150 e. The molecule has 2 aromatic heterocycles. The molecule has 2 heterocycles. The number of benzene rings is 2. The van der Waals surface area contributed by atoms with Crippen molar-refractivity contribution in [2.24, 2.45) is 0 Å². The van der Waals surface area contributed by atoms with E-state index in [-0.39, 0.29) is 0 Å². The van der Waals surface area contributed by atoms with Gasteiger partial charge in [0.15, 0.2) is 5.65 Å². The first-order valence-corrected chi connectivity index (χ1v) is 9.62. The molecule has 1 N–H and O–H groups in total. The molecule has 4 aromatic rings. The van der Waals surface area contributed by atoms with Crippen molar-refractivity contribution in [3.63, 3.8) is 0 Å². The molecule has 0 saturated carbocycles. The zero-order valence-corrected chi connectivity index (χ0v) is 17.0. The molecule has 0 aliphatic carbocycles. The van der Waals surface area contributed by atoms with Gasteiger partial charge in [0.1, 0.15) is 17.9 Å². The molecule has 0 spiro atoms. The molecule has 29 heavy (non-hydrogen) atoms.